The third-order valence-electron chi connectivity index (χ3n) is 2.66. The van der Waals surface area contributed by atoms with Crippen molar-refractivity contribution in [3.63, 3.8) is 0 Å². The normalized spacial score (nSPS) is 14.7. The summed E-state index contributed by atoms with van der Waals surface area (Å²) >= 11 is 0. The quantitative estimate of drug-likeness (QED) is 0.670. The third-order valence-corrected chi connectivity index (χ3v) is 2.66. The maximum atomic E-state index is 8.81. The van der Waals surface area contributed by atoms with E-state index in [-0.39, 0.29) is 6.61 Å². The molecule has 0 unspecified atom stereocenters. The lowest BCUT2D eigenvalue weighted by molar-refractivity contribution is 0.311. The van der Waals surface area contributed by atoms with Crippen LogP contribution in [-0.2, 0) is 0 Å². The van der Waals surface area contributed by atoms with Crippen LogP contribution in [0.25, 0.3) is 0 Å². The Morgan fingerprint density at radius 1 is 1.24 bits per heavy atom. The predicted molar refractivity (Wildman–Crippen MR) is 68.4 cm³/mol. The molecule has 3 N–H and O–H groups in total. The Hall–Kier alpha value is -1.36. The molecule has 0 aliphatic heterocycles. The van der Waals surface area contributed by atoms with Crippen LogP contribution in [0.3, 0.4) is 0 Å². The Balaban J connectivity index is 2.10. The van der Waals surface area contributed by atoms with Gasteiger partial charge >= 0.3 is 0 Å². The van der Waals surface area contributed by atoms with Crippen molar-refractivity contribution < 1.29 is 5.11 Å². The topological polar surface area (TPSA) is 70.1 Å². The minimum Gasteiger partial charge on any atom is -0.395 e. The zero-order chi connectivity index (χ0) is 12.1. The number of aromatic nitrogens is 2. The average Bonchev–Trinajstić information content (AvgIpc) is 3.18. The van der Waals surface area contributed by atoms with Crippen LogP contribution < -0.4 is 10.6 Å². The molecule has 0 bridgehead atoms. The number of aliphatic hydroxyl groups excluding tert-OH is 1. The Bertz CT molecular complexity index is 339. The van der Waals surface area contributed by atoms with E-state index in [0.29, 0.717) is 12.5 Å². The lowest BCUT2D eigenvalue weighted by Gasteiger charge is -2.10. The molecular formula is C12H20N4O. The second-order valence-electron chi connectivity index (χ2n) is 4.35. The highest BCUT2D eigenvalue weighted by molar-refractivity contribution is 5.48. The summed E-state index contributed by atoms with van der Waals surface area (Å²) < 4.78 is 0. The molecule has 1 aliphatic rings. The standard InChI is InChI=1S/C12H20N4O/c1-2-5-13-10-8-11(14-6-7-17)16-12(15-10)9-3-4-9/h8-9,17H,2-7H2,1H3,(H2,13,14,15,16). The SMILES string of the molecule is CCCNc1cc(NCCO)nc(C2CC2)n1. The summed E-state index contributed by atoms with van der Waals surface area (Å²) in [5, 5.41) is 15.2. The summed E-state index contributed by atoms with van der Waals surface area (Å²) in [6.07, 6.45) is 3.45. The van der Waals surface area contributed by atoms with Crippen molar-refractivity contribution >= 4 is 11.6 Å². The maximum Gasteiger partial charge on any atom is 0.136 e. The van der Waals surface area contributed by atoms with E-state index in [9.17, 15) is 0 Å². The molecule has 2 rings (SSSR count). The zero-order valence-electron chi connectivity index (χ0n) is 10.2. The van der Waals surface area contributed by atoms with E-state index < -0.39 is 0 Å². The fraction of sp³-hybridized carbons (Fsp3) is 0.667. The predicted octanol–water partition coefficient (Wildman–Crippen LogP) is 1.58. The number of nitrogens with one attached hydrogen (secondary N) is 2. The minimum absolute atomic E-state index is 0.112. The van der Waals surface area contributed by atoms with Crippen molar-refractivity contribution in [3.05, 3.63) is 11.9 Å². The highest BCUT2D eigenvalue weighted by Gasteiger charge is 2.27. The van der Waals surface area contributed by atoms with E-state index >= 15 is 0 Å². The number of hydrogen-bond donors (Lipinski definition) is 3. The van der Waals surface area contributed by atoms with Gasteiger partial charge in [-0.3, -0.25) is 0 Å². The monoisotopic (exact) mass is 236 g/mol. The number of rotatable bonds is 7. The highest BCUT2D eigenvalue weighted by atomic mass is 16.3. The second kappa shape index (κ2) is 5.82. The smallest absolute Gasteiger partial charge is 0.136 e. The first kappa shape index (κ1) is 12.1. The lowest BCUT2D eigenvalue weighted by Crippen LogP contribution is -2.11. The minimum atomic E-state index is 0.112. The lowest BCUT2D eigenvalue weighted by atomic mass is 10.3. The van der Waals surface area contributed by atoms with Crippen molar-refractivity contribution in [3.8, 4) is 0 Å². The first-order valence-electron chi connectivity index (χ1n) is 6.31. The van der Waals surface area contributed by atoms with E-state index in [2.05, 4.69) is 27.5 Å². The van der Waals surface area contributed by atoms with Crippen LogP contribution in [0, 0.1) is 0 Å². The summed E-state index contributed by atoms with van der Waals surface area (Å²) in [6.45, 7) is 3.68. The van der Waals surface area contributed by atoms with Crippen molar-refractivity contribution in [1.29, 1.82) is 0 Å². The van der Waals surface area contributed by atoms with Crippen LogP contribution in [0.2, 0.25) is 0 Å². The summed E-state index contributed by atoms with van der Waals surface area (Å²) in [5.41, 5.74) is 0. The van der Waals surface area contributed by atoms with Gasteiger partial charge in [0, 0.05) is 25.1 Å². The number of aliphatic hydroxyl groups is 1. The number of nitrogens with zero attached hydrogens (tertiary/aromatic N) is 2. The van der Waals surface area contributed by atoms with Crippen LogP contribution in [0.4, 0.5) is 11.6 Å². The molecule has 1 aromatic rings. The molecule has 0 atom stereocenters. The van der Waals surface area contributed by atoms with Crippen LogP contribution >= 0.6 is 0 Å². The number of anilines is 2. The largest absolute Gasteiger partial charge is 0.395 e. The molecule has 1 heterocycles. The number of hydrogen-bond acceptors (Lipinski definition) is 5. The second-order valence-corrected chi connectivity index (χ2v) is 4.35. The van der Waals surface area contributed by atoms with E-state index in [1.807, 2.05) is 6.07 Å². The van der Waals surface area contributed by atoms with Crippen LogP contribution in [0.5, 0.6) is 0 Å². The van der Waals surface area contributed by atoms with Crippen molar-refractivity contribution in [2.24, 2.45) is 0 Å². The molecule has 0 spiro atoms. The fourth-order valence-corrected chi connectivity index (χ4v) is 1.61. The fourth-order valence-electron chi connectivity index (χ4n) is 1.61. The van der Waals surface area contributed by atoms with Crippen LogP contribution in [0.1, 0.15) is 37.9 Å². The van der Waals surface area contributed by atoms with Crippen molar-refractivity contribution in [1.82, 2.24) is 9.97 Å². The molecule has 17 heavy (non-hydrogen) atoms. The van der Waals surface area contributed by atoms with E-state index in [0.717, 1.165) is 30.4 Å². The first-order chi connectivity index (χ1) is 8.33. The van der Waals surface area contributed by atoms with Gasteiger partial charge in [-0.15, -0.1) is 0 Å². The van der Waals surface area contributed by atoms with Gasteiger partial charge in [-0.05, 0) is 19.3 Å². The Morgan fingerprint density at radius 3 is 2.41 bits per heavy atom. The molecule has 0 amide bonds. The summed E-state index contributed by atoms with van der Waals surface area (Å²) in [7, 11) is 0. The van der Waals surface area contributed by atoms with Gasteiger partial charge in [0.25, 0.3) is 0 Å². The van der Waals surface area contributed by atoms with Gasteiger partial charge in [-0.2, -0.15) is 0 Å². The third kappa shape index (κ3) is 3.56. The Morgan fingerprint density at radius 2 is 1.88 bits per heavy atom. The molecule has 1 aliphatic carbocycles. The van der Waals surface area contributed by atoms with Gasteiger partial charge in [0.1, 0.15) is 17.5 Å². The van der Waals surface area contributed by atoms with Gasteiger partial charge in [0.15, 0.2) is 0 Å². The van der Waals surface area contributed by atoms with E-state index in [1.54, 1.807) is 0 Å². The van der Waals surface area contributed by atoms with Gasteiger partial charge in [0.05, 0.1) is 6.61 Å². The molecule has 1 aromatic heterocycles. The molecule has 0 saturated heterocycles. The van der Waals surface area contributed by atoms with Crippen LogP contribution in [0.15, 0.2) is 6.07 Å². The molecule has 0 radical (unpaired) electrons. The van der Waals surface area contributed by atoms with Crippen LogP contribution in [-0.4, -0.2) is 34.8 Å². The summed E-state index contributed by atoms with van der Waals surface area (Å²) in [5.74, 6) is 3.14. The Labute approximate surface area is 102 Å². The summed E-state index contributed by atoms with van der Waals surface area (Å²) in [6, 6.07) is 1.90. The molecule has 0 aromatic carbocycles. The van der Waals surface area contributed by atoms with Crippen molar-refractivity contribution in [2.45, 2.75) is 32.1 Å². The molecule has 1 fully saturated rings. The first-order valence-corrected chi connectivity index (χ1v) is 6.31. The maximum absolute atomic E-state index is 8.81. The zero-order valence-corrected chi connectivity index (χ0v) is 10.2. The van der Waals surface area contributed by atoms with Crippen molar-refractivity contribution in [2.75, 3.05) is 30.3 Å². The summed E-state index contributed by atoms with van der Waals surface area (Å²) in [4.78, 5) is 8.98. The van der Waals surface area contributed by atoms with Gasteiger partial charge in [-0.25, -0.2) is 9.97 Å². The molecule has 5 heteroatoms. The highest BCUT2D eigenvalue weighted by Crippen LogP contribution is 2.38. The van der Waals surface area contributed by atoms with Gasteiger partial charge in [-0.1, -0.05) is 6.92 Å². The van der Waals surface area contributed by atoms with E-state index in [1.165, 1.54) is 12.8 Å². The molecule has 1 saturated carbocycles. The van der Waals surface area contributed by atoms with Gasteiger partial charge < -0.3 is 15.7 Å². The Kier molecular flexibility index (Phi) is 4.14. The molecule has 5 nitrogen and oxygen atoms in total. The molecular weight excluding hydrogens is 216 g/mol. The van der Waals surface area contributed by atoms with Gasteiger partial charge in [0.2, 0.25) is 0 Å². The van der Waals surface area contributed by atoms with E-state index in [4.69, 9.17) is 5.11 Å². The molecule has 94 valence electrons. The average molecular weight is 236 g/mol.